The lowest BCUT2D eigenvalue weighted by Crippen LogP contribution is -2.23. The molecule has 0 aromatic heterocycles. The lowest BCUT2D eigenvalue weighted by Gasteiger charge is -2.19. The largest absolute Gasteiger partial charge is 0.389 e. The van der Waals surface area contributed by atoms with Gasteiger partial charge in [0.15, 0.2) is 0 Å². The first kappa shape index (κ1) is 14.2. The van der Waals surface area contributed by atoms with Crippen LogP contribution < -0.4 is 10.2 Å². The van der Waals surface area contributed by atoms with Crippen molar-refractivity contribution in [3.63, 3.8) is 0 Å². The van der Waals surface area contributed by atoms with Gasteiger partial charge in [0.05, 0.1) is 17.9 Å². The molecule has 19 heavy (non-hydrogen) atoms. The van der Waals surface area contributed by atoms with Crippen LogP contribution in [0.15, 0.2) is 18.2 Å². The normalized spacial score (nSPS) is 23.4. The summed E-state index contributed by atoms with van der Waals surface area (Å²) in [7, 11) is 0. The summed E-state index contributed by atoms with van der Waals surface area (Å²) in [6.45, 7) is 5.24. The quantitative estimate of drug-likeness (QED) is 0.758. The summed E-state index contributed by atoms with van der Waals surface area (Å²) < 4.78 is 14.0. The fraction of sp³-hybridized carbons (Fsp3) is 0.571. The lowest BCUT2D eigenvalue weighted by molar-refractivity contribution is 0.0572. The molecule has 3 N–H and O–H groups in total. The predicted octanol–water partition coefficient (Wildman–Crippen LogP) is 0.865. The number of aliphatic hydroxyl groups is 2. The van der Waals surface area contributed by atoms with Crippen LogP contribution in [0.1, 0.15) is 19.4 Å². The van der Waals surface area contributed by atoms with Crippen LogP contribution in [0, 0.1) is 5.82 Å². The molecular formula is C14H21FN2O2. The van der Waals surface area contributed by atoms with Gasteiger partial charge in [-0.1, -0.05) is 19.9 Å². The summed E-state index contributed by atoms with van der Waals surface area (Å²) in [5.74, 6) is -0.315. The molecule has 1 aromatic carbocycles. The zero-order chi connectivity index (χ0) is 14.0. The minimum atomic E-state index is -0.804. The maximum atomic E-state index is 14.0. The average Bonchev–Trinajstić information content (AvgIpc) is 2.67. The number of aliphatic hydroxyl groups excluding tert-OH is 2. The standard InChI is InChI=1S/C14H21FN2O2/c1-9(2)16-6-10-3-4-12(11(15)5-10)17-7-13(18)14(19)8-17/h3-5,9,13-14,16,18-19H,6-8H2,1-2H3. The van der Waals surface area contributed by atoms with Crippen molar-refractivity contribution in [2.45, 2.75) is 38.6 Å². The van der Waals surface area contributed by atoms with Gasteiger partial charge in [-0.2, -0.15) is 0 Å². The molecule has 1 saturated heterocycles. The summed E-state index contributed by atoms with van der Waals surface area (Å²) in [4.78, 5) is 1.67. The van der Waals surface area contributed by atoms with E-state index < -0.39 is 12.2 Å². The Morgan fingerprint density at radius 1 is 1.32 bits per heavy atom. The fourth-order valence-corrected chi connectivity index (χ4v) is 2.20. The minimum Gasteiger partial charge on any atom is -0.389 e. The van der Waals surface area contributed by atoms with E-state index in [1.807, 2.05) is 19.9 Å². The van der Waals surface area contributed by atoms with Crippen LogP contribution in [-0.2, 0) is 6.54 Å². The van der Waals surface area contributed by atoms with Gasteiger partial charge >= 0.3 is 0 Å². The third-order valence-electron chi connectivity index (χ3n) is 3.33. The Kier molecular flexibility index (Phi) is 4.39. The Balaban J connectivity index is 2.07. The van der Waals surface area contributed by atoms with Crippen LogP contribution in [-0.4, -0.2) is 41.6 Å². The molecule has 0 saturated carbocycles. The summed E-state index contributed by atoms with van der Waals surface area (Å²) in [5, 5.41) is 22.2. The number of hydrogen-bond donors (Lipinski definition) is 3. The van der Waals surface area contributed by atoms with Gasteiger partial charge in [0.1, 0.15) is 5.82 Å². The highest BCUT2D eigenvalue weighted by molar-refractivity contribution is 5.50. The Hall–Kier alpha value is -1.17. The van der Waals surface area contributed by atoms with Gasteiger partial charge in [-0.25, -0.2) is 4.39 Å². The summed E-state index contributed by atoms with van der Waals surface area (Å²) in [6, 6.07) is 5.43. The van der Waals surface area contributed by atoms with Crippen LogP contribution in [0.25, 0.3) is 0 Å². The molecule has 0 radical (unpaired) electrons. The third-order valence-corrected chi connectivity index (χ3v) is 3.33. The van der Waals surface area contributed by atoms with Crippen molar-refractivity contribution in [2.75, 3.05) is 18.0 Å². The second kappa shape index (κ2) is 5.86. The zero-order valence-electron chi connectivity index (χ0n) is 11.3. The Bertz CT molecular complexity index is 429. The average molecular weight is 268 g/mol. The molecule has 0 bridgehead atoms. The van der Waals surface area contributed by atoms with Crippen molar-refractivity contribution in [1.29, 1.82) is 0 Å². The van der Waals surface area contributed by atoms with Crippen LogP contribution in [0.3, 0.4) is 0 Å². The Morgan fingerprint density at radius 3 is 2.47 bits per heavy atom. The van der Waals surface area contributed by atoms with Gasteiger partial charge in [-0.3, -0.25) is 0 Å². The number of nitrogens with one attached hydrogen (secondary N) is 1. The van der Waals surface area contributed by atoms with E-state index in [4.69, 9.17) is 0 Å². The topological polar surface area (TPSA) is 55.7 Å². The molecule has 2 atom stereocenters. The van der Waals surface area contributed by atoms with Crippen LogP contribution >= 0.6 is 0 Å². The smallest absolute Gasteiger partial charge is 0.146 e. The van der Waals surface area contributed by atoms with Crippen molar-refractivity contribution in [3.05, 3.63) is 29.6 Å². The highest BCUT2D eigenvalue weighted by Crippen LogP contribution is 2.24. The summed E-state index contributed by atoms with van der Waals surface area (Å²) in [6.07, 6.45) is -1.61. The molecule has 5 heteroatoms. The van der Waals surface area contributed by atoms with Gasteiger partial charge in [0, 0.05) is 25.7 Å². The zero-order valence-corrected chi connectivity index (χ0v) is 11.3. The first-order valence-corrected chi connectivity index (χ1v) is 6.60. The van der Waals surface area contributed by atoms with Gasteiger partial charge in [0.2, 0.25) is 0 Å². The molecule has 0 spiro atoms. The molecule has 1 heterocycles. The molecule has 0 aliphatic carbocycles. The maximum Gasteiger partial charge on any atom is 0.146 e. The number of rotatable bonds is 4. The van der Waals surface area contributed by atoms with Crippen molar-refractivity contribution in [1.82, 2.24) is 5.32 Å². The van der Waals surface area contributed by atoms with E-state index in [1.54, 1.807) is 11.0 Å². The molecular weight excluding hydrogens is 247 g/mol. The van der Waals surface area contributed by atoms with Gasteiger partial charge in [0.25, 0.3) is 0 Å². The number of benzene rings is 1. The van der Waals surface area contributed by atoms with Gasteiger partial charge in [-0.15, -0.1) is 0 Å². The number of hydrogen-bond acceptors (Lipinski definition) is 4. The highest BCUT2D eigenvalue weighted by atomic mass is 19.1. The molecule has 1 aliphatic rings. The van der Waals surface area contributed by atoms with Crippen LogP contribution in [0.4, 0.5) is 10.1 Å². The van der Waals surface area contributed by atoms with Crippen molar-refractivity contribution < 1.29 is 14.6 Å². The minimum absolute atomic E-state index is 0.266. The third kappa shape index (κ3) is 3.43. The highest BCUT2D eigenvalue weighted by Gasteiger charge is 2.30. The number of β-amino-alcohol motifs (C(OH)–C–C–N with tert-alkyl or cyclic N) is 2. The van der Waals surface area contributed by atoms with Crippen molar-refractivity contribution in [3.8, 4) is 0 Å². The van der Waals surface area contributed by atoms with E-state index in [9.17, 15) is 14.6 Å². The number of halogens is 1. The van der Waals surface area contributed by atoms with E-state index in [0.29, 0.717) is 18.3 Å². The van der Waals surface area contributed by atoms with Crippen molar-refractivity contribution >= 4 is 5.69 Å². The van der Waals surface area contributed by atoms with E-state index in [0.717, 1.165) is 5.56 Å². The number of nitrogens with zero attached hydrogens (tertiary/aromatic N) is 1. The van der Waals surface area contributed by atoms with Crippen molar-refractivity contribution in [2.24, 2.45) is 0 Å². The Morgan fingerprint density at radius 2 is 1.95 bits per heavy atom. The second-order valence-electron chi connectivity index (χ2n) is 5.36. The van der Waals surface area contributed by atoms with E-state index in [2.05, 4.69) is 5.32 Å². The monoisotopic (exact) mass is 268 g/mol. The molecule has 4 nitrogen and oxygen atoms in total. The van der Waals surface area contributed by atoms with Crippen LogP contribution in [0.5, 0.6) is 0 Å². The second-order valence-corrected chi connectivity index (χ2v) is 5.36. The van der Waals surface area contributed by atoms with E-state index in [1.165, 1.54) is 6.07 Å². The molecule has 2 rings (SSSR count). The lowest BCUT2D eigenvalue weighted by atomic mass is 10.1. The van der Waals surface area contributed by atoms with E-state index >= 15 is 0 Å². The molecule has 1 aliphatic heterocycles. The Labute approximate surface area is 112 Å². The first-order valence-electron chi connectivity index (χ1n) is 6.60. The molecule has 2 unspecified atom stereocenters. The van der Waals surface area contributed by atoms with Crippen LogP contribution in [0.2, 0.25) is 0 Å². The maximum absolute atomic E-state index is 14.0. The fourth-order valence-electron chi connectivity index (χ4n) is 2.20. The van der Waals surface area contributed by atoms with Gasteiger partial charge in [-0.05, 0) is 17.7 Å². The van der Waals surface area contributed by atoms with E-state index in [-0.39, 0.29) is 18.9 Å². The van der Waals surface area contributed by atoms with Gasteiger partial charge < -0.3 is 20.4 Å². The molecule has 0 amide bonds. The predicted molar refractivity (Wildman–Crippen MR) is 72.6 cm³/mol. The summed E-state index contributed by atoms with van der Waals surface area (Å²) >= 11 is 0. The SMILES string of the molecule is CC(C)NCc1ccc(N2CC(O)C(O)C2)c(F)c1. The molecule has 106 valence electrons. The first-order chi connectivity index (χ1) is 8.97. The summed E-state index contributed by atoms with van der Waals surface area (Å²) in [5.41, 5.74) is 1.32. The molecule has 1 aromatic rings. The molecule has 1 fully saturated rings. The number of anilines is 1.